The highest BCUT2D eigenvalue weighted by Gasteiger charge is 2.23. The van der Waals surface area contributed by atoms with E-state index in [4.69, 9.17) is 4.74 Å². The summed E-state index contributed by atoms with van der Waals surface area (Å²) in [6.45, 7) is 3.18. The van der Waals surface area contributed by atoms with Gasteiger partial charge >= 0.3 is 0 Å². The van der Waals surface area contributed by atoms with E-state index >= 15 is 0 Å². The Morgan fingerprint density at radius 3 is 3.14 bits per heavy atom. The molecular weight excluding hydrogens is 296 g/mol. The fraction of sp³-hybridized carbons (Fsp3) is 0.412. The smallest absolute Gasteiger partial charge is 0.223 e. The van der Waals surface area contributed by atoms with Crippen LogP contribution in [0.2, 0.25) is 0 Å². The van der Waals surface area contributed by atoms with Crippen molar-refractivity contribution in [3.63, 3.8) is 0 Å². The highest BCUT2D eigenvalue weighted by atomic mass is 32.1. The number of nitrogens with one attached hydrogen (secondary N) is 1. The van der Waals surface area contributed by atoms with Crippen LogP contribution < -0.4 is 10.1 Å². The number of para-hydroxylation sites is 1. The minimum Gasteiger partial charge on any atom is -0.493 e. The van der Waals surface area contributed by atoms with Gasteiger partial charge in [-0.3, -0.25) is 4.79 Å². The summed E-state index contributed by atoms with van der Waals surface area (Å²) in [6, 6.07) is 7.96. The van der Waals surface area contributed by atoms with Gasteiger partial charge in [0.05, 0.1) is 23.9 Å². The summed E-state index contributed by atoms with van der Waals surface area (Å²) in [5, 5.41) is 6.14. The lowest BCUT2D eigenvalue weighted by atomic mass is 9.96. The van der Waals surface area contributed by atoms with Crippen LogP contribution in [0.25, 0.3) is 0 Å². The zero-order valence-corrected chi connectivity index (χ0v) is 13.5. The number of hydrogen-bond acceptors (Lipinski definition) is 4. The van der Waals surface area contributed by atoms with Gasteiger partial charge in [-0.15, -0.1) is 11.3 Å². The molecule has 116 valence electrons. The van der Waals surface area contributed by atoms with Crippen molar-refractivity contribution in [2.75, 3.05) is 6.61 Å². The van der Waals surface area contributed by atoms with Crippen molar-refractivity contribution >= 4 is 17.2 Å². The van der Waals surface area contributed by atoms with Gasteiger partial charge in [0.25, 0.3) is 0 Å². The average molecular weight is 316 g/mol. The molecule has 0 saturated carbocycles. The molecule has 4 nitrogen and oxygen atoms in total. The van der Waals surface area contributed by atoms with Gasteiger partial charge in [-0.1, -0.05) is 25.1 Å². The number of rotatable bonds is 4. The lowest BCUT2D eigenvalue weighted by Gasteiger charge is -2.13. The molecule has 1 aliphatic heterocycles. The first-order valence-corrected chi connectivity index (χ1v) is 8.56. The van der Waals surface area contributed by atoms with Gasteiger partial charge in [0, 0.05) is 11.3 Å². The number of fused-ring (bicyclic) bond motifs is 1. The summed E-state index contributed by atoms with van der Waals surface area (Å²) in [6.07, 6.45) is 2.42. The van der Waals surface area contributed by atoms with Crippen molar-refractivity contribution in [1.29, 1.82) is 0 Å². The number of amides is 1. The summed E-state index contributed by atoms with van der Waals surface area (Å²) in [7, 11) is 0. The Morgan fingerprint density at radius 2 is 2.32 bits per heavy atom. The number of ether oxygens (including phenoxy) is 1. The molecule has 0 spiro atoms. The Bertz CT molecular complexity index is 654. The third-order valence-corrected chi connectivity index (χ3v) is 4.92. The summed E-state index contributed by atoms with van der Waals surface area (Å²) in [4.78, 5) is 16.9. The maximum absolute atomic E-state index is 12.4. The number of carbonyl (C=O) groups is 1. The number of aromatic nitrogens is 1. The molecule has 0 unspecified atom stereocenters. The van der Waals surface area contributed by atoms with Crippen molar-refractivity contribution in [1.82, 2.24) is 10.3 Å². The van der Waals surface area contributed by atoms with Gasteiger partial charge in [0.1, 0.15) is 5.75 Å². The maximum atomic E-state index is 12.4. The van der Waals surface area contributed by atoms with E-state index in [0.29, 0.717) is 13.2 Å². The predicted molar refractivity (Wildman–Crippen MR) is 87.1 cm³/mol. The molecule has 1 aromatic carbocycles. The molecule has 22 heavy (non-hydrogen) atoms. The second-order valence-corrected chi connectivity index (χ2v) is 6.39. The van der Waals surface area contributed by atoms with Crippen molar-refractivity contribution in [2.24, 2.45) is 5.92 Å². The lowest BCUT2D eigenvalue weighted by Crippen LogP contribution is -2.31. The summed E-state index contributed by atoms with van der Waals surface area (Å²) in [5.41, 5.74) is 2.06. The number of thiazole rings is 1. The van der Waals surface area contributed by atoms with Crippen molar-refractivity contribution in [3.8, 4) is 5.75 Å². The maximum Gasteiger partial charge on any atom is 0.223 e. The van der Waals surface area contributed by atoms with Crippen LogP contribution in [0.4, 0.5) is 0 Å². The minimum atomic E-state index is -0.0343. The largest absolute Gasteiger partial charge is 0.493 e. The molecule has 0 saturated heterocycles. The van der Waals surface area contributed by atoms with Crippen LogP contribution in [-0.2, 0) is 24.2 Å². The van der Waals surface area contributed by atoms with Crippen LogP contribution in [0, 0.1) is 5.92 Å². The molecule has 3 rings (SSSR count). The third-order valence-electron chi connectivity index (χ3n) is 3.88. The molecule has 0 bridgehead atoms. The van der Waals surface area contributed by atoms with Crippen molar-refractivity contribution in [3.05, 3.63) is 45.9 Å². The van der Waals surface area contributed by atoms with Gasteiger partial charge in [0.2, 0.25) is 5.91 Å². The summed E-state index contributed by atoms with van der Waals surface area (Å²) in [5.74, 6) is 0.962. The minimum absolute atomic E-state index is 0.0343. The van der Waals surface area contributed by atoms with E-state index in [-0.39, 0.29) is 11.8 Å². The normalized spacial score (nSPS) is 17.2. The topological polar surface area (TPSA) is 51.2 Å². The number of carbonyl (C=O) groups excluding carboxylic acids is 1. The van der Waals surface area contributed by atoms with Crippen LogP contribution in [0.15, 0.2) is 29.6 Å². The van der Waals surface area contributed by atoms with Crippen LogP contribution in [0.1, 0.15) is 29.6 Å². The van der Waals surface area contributed by atoms with Gasteiger partial charge in [-0.2, -0.15) is 0 Å². The Kier molecular flexibility index (Phi) is 4.73. The molecule has 0 radical (unpaired) electrons. The summed E-state index contributed by atoms with van der Waals surface area (Å²) >= 11 is 1.65. The molecule has 1 atom stereocenters. The van der Waals surface area contributed by atoms with Crippen LogP contribution in [0.3, 0.4) is 0 Å². The molecule has 0 fully saturated rings. The first-order chi connectivity index (χ1) is 10.8. The first kappa shape index (κ1) is 15.0. The van der Waals surface area contributed by atoms with Crippen molar-refractivity contribution < 1.29 is 9.53 Å². The van der Waals surface area contributed by atoms with Crippen LogP contribution in [0.5, 0.6) is 5.75 Å². The first-order valence-electron chi connectivity index (χ1n) is 7.68. The number of hydrogen-bond donors (Lipinski definition) is 1. The second-order valence-electron chi connectivity index (χ2n) is 5.45. The molecule has 0 aliphatic carbocycles. The summed E-state index contributed by atoms with van der Waals surface area (Å²) < 4.78 is 5.72. The highest BCUT2D eigenvalue weighted by Crippen LogP contribution is 2.26. The SMILES string of the molecule is CCc1nc(CNC(=O)[C@@H]2CCOc3ccccc3C2)cs1. The van der Waals surface area contributed by atoms with Crippen LogP contribution in [-0.4, -0.2) is 17.5 Å². The van der Waals surface area contributed by atoms with Gasteiger partial charge in [0.15, 0.2) is 0 Å². The molecule has 2 aromatic rings. The fourth-order valence-corrected chi connectivity index (χ4v) is 3.37. The Morgan fingerprint density at radius 1 is 1.45 bits per heavy atom. The van der Waals surface area contributed by atoms with Gasteiger partial charge in [-0.25, -0.2) is 4.98 Å². The molecular formula is C17H20N2O2S. The predicted octanol–water partition coefficient (Wildman–Crippen LogP) is 2.96. The quantitative estimate of drug-likeness (QED) is 0.943. The fourth-order valence-electron chi connectivity index (χ4n) is 2.63. The Labute approximate surface area is 134 Å². The monoisotopic (exact) mass is 316 g/mol. The number of nitrogens with zero attached hydrogens (tertiary/aromatic N) is 1. The van der Waals surface area contributed by atoms with E-state index in [9.17, 15) is 4.79 Å². The molecule has 5 heteroatoms. The van der Waals surface area contributed by atoms with Gasteiger partial charge in [-0.05, 0) is 30.9 Å². The Balaban J connectivity index is 1.60. The van der Waals surface area contributed by atoms with E-state index in [1.807, 2.05) is 29.6 Å². The van der Waals surface area contributed by atoms with Gasteiger partial charge < -0.3 is 10.1 Å². The van der Waals surface area contributed by atoms with E-state index in [0.717, 1.165) is 41.3 Å². The standard InChI is InChI=1S/C17H20N2O2S/c1-2-16-19-14(11-22-16)10-18-17(20)13-7-8-21-15-6-4-3-5-12(15)9-13/h3-6,11,13H,2,7-10H2,1H3,(H,18,20)/t13-/m1/s1. The van der Waals surface area contributed by atoms with E-state index in [1.54, 1.807) is 11.3 Å². The van der Waals surface area contributed by atoms with Crippen LogP contribution >= 0.6 is 11.3 Å². The van der Waals surface area contributed by atoms with E-state index < -0.39 is 0 Å². The van der Waals surface area contributed by atoms with Crippen molar-refractivity contribution in [2.45, 2.75) is 32.7 Å². The molecule has 1 amide bonds. The molecule has 1 N–H and O–H groups in total. The molecule has 1 aromatic heterocycles. The molecule has 1 aliphatic rings. The number of aryl methyl sites for hydroxylation is 1. The molecule has 2 heterocycles. The highest BCUT2D eigenvalue weighted by molar-refractivity contribution is 7.09. The third kappa shape index (κ3) is 3.47. The zero-order valence-electron chi connectivity index (χ0n) is 12.7. The number of benzene rings is 1. The second kappa shape index (κ2) is 6.92. The Hall–Kier alpha value is -1.88. The average Bonchev–Trinajstić information content (AvgIpc) is 2.90. The zero-order chi connectivity index (χ0) is 15.4. The van der Waals surface area contributed by atoms with E-state index in [2.05, 4.69) is 17.2 Å². The van der Waals surface area contributed by atoms with E-state index in [1.165, 1.54) is 0 Å². The lowest BCUT2D eigenvalue weighted by molar-refractivity contribution is -0.125.